The normalized spacial score (nSPS) is 17.9. The van der Waals surface area contributed by atoms with Gasteiger partial charge in [-0.1, -0.05) is 96.7 Å². The molecule has 2 aliphatic heterocycles. The zero-order valence-corrected chi connectivity index (χ0v) is 18.4. The van der Waals surface area contributed by atoms with E-state index in [1.807, 2.05) is 0 Å². The first kappa shape index (κ1) is 17.5. The van der Waals surface area contributed by atoms with Gasteiger partial charge in [-0.15, -0.1) is 0 Å². The van der Waals surface area contributed by atoms with Crippen LogP contribution in [0.15, 0.2) is 109 Å². The molecule has 2 heterocycles. The summed E-state index contributed by atoms with van der Waals surface area (Å²) in [6.07, 6.45) is -2.30. The van der Waals surface area contributed by atoms with Gasteiger partial charge in [0.25, 0.3) is 0 Å². The standard InChI is InChI=1S/C28H18NPS/c31-30-27-16-8-5-13-23(27)21-11-3-6-14-25(21)29(30)26-15-7-4-12-22(26)24-17-19-9-1-2-10-20(19)18-28(24)30/h1-18H. The smallest absolute Gasteiger partial charge is 0.0985 e. The first-order valence-electron chi connectivity index (χ1n) is 10.5. The highest BCUT2D eigenvalue weighted by atomic mass is 32.4. The second-order valence-corrected chi connectivity index (χ2v) is 12.3. The highest BCUT2D eigenvalue weighted by Crippen LogP contribution is 2.66. The Labute approximate surface area is 186 Å². The largest absolute Gasteiger partial charge is 0.304 e. The van der Waals surface area contributed by atoms with Crippen LogP contribution in [-0.2, 0) is 11.8 Å². The molecule has 0 fully saturated rings. The lowest BCUT2D eigenvalue weighted by molar-refractivity contribution is 1.38. The lowest BCUT2D eigenvalue weighted by atomic mass is 9.98. The van der Waals surface area contributed by atoms with Gasteiger partial charge in [-0.05, 0) is 46.2 Å². The van der Waals surface area contributed by atoms with E-state index in [1.54, 1.807) is 0 Å². The van der Waals surface area contributed by atoms with E-state index in [4.69, 9.17) is 11.8 Å². The fourth-order valence-electron chi connectivity index (χ4n) is 5.21. The predicted molar refractivity (Wildman–Crippen MR) is 137 cm³/mol. The van der Waals surface area contributed by atoms with Crippen molar-refractivity contribution >= 4 is 50.8 Å². The lowest BCUT2D eigenvalue weighted by Gasteiger charge is -2.47. The maximum Gasteiger partial charge on any atom is 0.0985 e. The van der Waals surface area contributed by atoms with Gasteiger partial charge in [0.05, 0.1) is 17.6 Å². The molecule has 0 aromatic heterocycles. The van der Waals surface area contributed by atoms with Crippen molar-refractivity contribution in [3.05, 3.63) is 109 Å². The fourth-order valence-corrected chi connectivity index (χ4v) is 9.95. The van der Waals surface area contributed by atoms with Gasteiger partial charge in [0.15, 0.2) is 0 Å². The summed E-state index contributed by atoms with van der Waals surface area (Å²) in [5.74, 6) is 0. The van der Waals surface area contributed by atoms with Gasteiger partial charge in [0.1, 0.15) is 0 Å². The van der Waals surface area contributed by atoms with E-state index in [-0.39, 0.29) is 0 Å². The molecule has 0 spiro atoms. The summed E-state index contributed by atoms with van der Waals surface area (Å²) in [6.45, 7) is 0. The number of hydrogen-bond acceptors (Lipinski definition) is 1. The van der Waals surface area contributed by atoms with Crippen molar-refractivity contribution < 1.29 is 0 Å². The Morgan fingerprint density at radius 2 is 1.00 bits per heavy atom. The molecule has 3 heteroatoms. The fraction of sp³-hybridized carbons (Fsp3) is 0. The van der Waals surface area contributed by atoms with E-state index in [2.05, 4.69) is 114 Å². The highest BCUT2D eigenvalue weighted by molar-refractivity contribution is 8.23. The van der Waals surface area contributed by atoms with Gasteiger partial charge >= 0.3 is 0 Å². The Bertz CT molecular complexity index is 1590. The number of anilines is 2. The van der Waals surface area contributed by atoms with E-state index in [1.165, 1.54) is 55.0 Å². The second-order valence-electron chi connectivity index (χ2n) is 8.16. The summed E-state index contributed by atoms with van der Waals surface area (Å²) >= 11 is 6.79. The summed E-state index contributed by atoms with van der Waals surface area (Å²) < 4.78 is 2.49. The quantitative estimate of drug-likeness (QED) is 0.243. The maximum absolute atomic E-state index is 6.79. The Morgan fingerprint density at radius 3 is 1.71 bits per heavy atom. The molecule has 0 radical (unpaired) electrons. The van der Waals surface area contributed by atoms with Crippen LogP contribution in [0.1, 0.15) is 0 Å². The molecule has 0 N–H and O–H groups in total. The van der Waals surface area contributed by atoms with Gasteiger partial charge in [-0.3, -0.25) is 0 Å². The summed E-state index contributed by atoms with van der Waals surface area (Å²) in [7, 11) is 0. The van der Waals surface area contributed by atoms with Crippen molar-refractivity contribution in [3.63, 3.8) is 0 Å². The van der Waals surface area contributed by atoms with E-state index < -0.39 is 6.19 Å². The van der Waals surface area contributed by atoms with E-state index in [9.17, 15) is 0 Å². The van der Waals surface area contributed by atoms with Gasteiger partial charge in [0.2, 0.25) is 0 Å². The first-order valence-corrected chi connectivity index (χ1v) is 13.2. The van der Waals surface area contributed by atoms with Crippen LogP contribution >= 0.6 is 6.19 Å². The van der Waals surface area contributed by atoms with Gasteiger partial charge in [-0.2, -0.15) is 0 Å². The minimum atomic E-state index is -2.30. The number of para-hydroxylation sites is 2. The molecule has 5 aromatic carbocycles. The summed E-state index contributed by atoms with van der Waals surface area (Å²) in [5, 5.41) is 5.09. The zero-order valence-electron chi connectivity index (χ0n) is 16.7. The molecule has 0 saturated carbocycles. The van der Waals surface area contributed by atoms with Gasteiger partial charge in [-0.25, -0.2) is 0 Å². The number of nitrogens with zero attached hydrogens (tertiary/aromatic N) is 1. The molecule has 0 saturated heterocycles. The summed E-state index contributed by atoms with van der Waals surface area (Å²) in [4.78, 5) is 0. The van der Waals surface area contributed by atoms with Gasteiger partial charge in [0, 0.05) is 21.7 Å². The van der Waals surface area contributed by atoms with Crippen LogP contribution in [0.2, 0.25) is 0 Å². The van der Waals surface area contributed by atoms with Crippen molar-refractivity contribution in [2.45, 2.75) is 0 Å². The molecule has 1 unspecified atom stereocenters. The Kier molecular flexibility index (Phi) is 3.48. The van der Waals surface area contributed by atoms with E-state index in [0.29, 0.717) is 0 Å². The molecule has 2 aliphatic rings. The molecule has 1 atom stereocenters. The molecule has 1 nitrogen and oxygen atoms in total. The van der Waals surface area contributed by atoms with Crippen LogP contribution in [0.4, 0.5) is 11.4 Å². The molecule has 0 amide bonds. The third kappa shape index (κ3) is 2.19. The third-order valence-electron chi connectivity index (χ3n) is 6.55. The lowest BCUT2D eigenvalue weighted by Crippen LogP contribution is -2.37. The molecule has 31 heavy (non-hydrogen) atoms. The zero-order chi connectivity index (χ0) is 20.6. The number of hydrogen-bond donors (Lipinski definition) is 0. The molecular weight excluding hydrogens is 413 g/mol. The predicted octanol–water partition coefficient (Wildman–Crippen LogP) is 6.98. The molecular formula is C28H18NPS. The van der Waals surface area contributed by atoms with Crippen LogP contribution in [-0.4, -0.2) is 0 Å². The molecule has 5 aromatic rings. The van der Waals surface area contributed by atoms with Crippen molar-refractivity contribution in [2.24, 2.45) is 0 Å². The average molecular weight is 432 g/mol. The number of fused-ring (bicyclic) bond motifs is 12. The van der Waals surface area contributed by atoms with Crippen LogP contribution in [0, 0.1) is 0 Å². The topological polar surface area (TPSA) is 3.24 Å². The third-order valence-corrected chi connectivity index (χ3v) is 11.3. The Morgan fingerprint density at radius 1 is 0.484 bits per heavy atom. The highest BCUT2D eigenvalue weighted by Gasteiger charge is 2.43. The van der Waals surface area contributed by atoms with Gasteiger partial charge < -0.3 is 4.67 Å². The molecule has 0 aliphatic carbocycles. The molecule has 146 valence electrons. The van der Waals surface area contributed by atoms with Crippen LogP contribution in [0.5, 0.6) is 0 Å². The summed E-state index contributed by atoms with van der Waals surface area (Å²) in [6, 6.07) is 39.6. The van der Waals surface area contributed by atoms with Crippen molar-refractivity contribution in [2.75, 3.05) is 4.67 Å². The maximum atomic E-state index is 6.79. The number of benzene rings is 5. The number of rotatable bonds is 0. The monoisotopic (exact) mass is 431 g/mol. The van der Waals surface area contributed by atoms with Crippen LogP contribution < -0.4 is 15.3 Å². The van der Waals surface area contributed by atoms with Crippen molar-refractivity contribution in [3.8, 4) is 22.3 Å². The Balaban J connectivity index is 1.70. The van der Waals surface area contributed by atoms with Crippen molar-refractivity contribution in [1.82, 2.24) is 0 Å². The summed E-state index contributed by atoms with van der Waals surface area (Å²) in [5.41, 5.74) is 7.51. The van der Waals surface area contributed by atoms with E-state index in [0.717, 1.165) is 0 Å². The van der Waals surface area contributed by atoms with E-state index >= 15 is 0 Å². The minimum absolute atomic E-state index is 1.22. The minimum Gasteiger partial charge on any atom is -0.304 e. The second kappa shape index (κ2) is 6.17. The first-order chi connectivity index (χ1) is 15.3. The SMILES string of the molecule is S=P12c3ccccc3-c3ccccc3N1c1ccccc1-c1cc3ccccc3cc12. The van der Waals surface area contributed by atoms with Crippen LogP contribution in [0.3, 0.4) is 0 Å². The van der Waals surface area contributed by atoms with Crippen molar-refractivity contribution in [1.29, 1.82) is 0 Å². The Hall–Kier alpha value is -3.19. The molecule has 0 bridgehead atoms. The molecule has 7 rings (SSSR count). The van der Waals surface area contributed by atoms with Crippen LogP contribution in [0.25, 0.3) is 33.0 Å². The average Bonchev–Trinajstić information content (AvgIpc) is 2.83.